The highest BCUT2D eigenvalue weighted by Gasteiger charge is 2.14. The van der Waals surface area contributed by atoms with Crippen LogP contribution < -0.4 is 0 Å². The van der Waals surface area contributed by atoms with Gasteiger partial charge in [0.1, 0.15) is 0 Å². The first-order chi connectivity index (χ1) is 7.59. The van der Waals surface area contributed by atoms with Crippen LogP contribution in [0.5, 0.6) is 0 Å². The number of hydrogen-bond donors (Lipinski definition) is 1. The third-order valence-corrected chi connectivity index (χ3v) is 2.82. The standard InChI is InChI=1S/C13H18N2O/c1-14(2)9-13(16)11-8-15(3)12-7-5-4-6-10(11)12/h4-8,13,16H,9H2,1-3H3/t13-/m1/s1. The van der Waals surface area contributed by atoms with Crippen LogP contribution in [0.15, 0.2) is 30.5 Å². The van der Waals surface area contributed by atoms with E-state index in [1.165, 1.54) is 0 Å². The molecule has 16 heavy (non-hydrogen) atoms. The molecule has 0 unspecified atom stereocenters. The van der Waals surface area contributed by atoms with Crippen molar-refractivity contribution >= 4 is 10.9 Å². The molecule has 1 N–H and O–H groups in total. The molecule has 3 nitrogen and oxygen atoms in total. The molecule has 1 aromatic carbocycles. The number of likely N-dealkylation sites (N-methyl/N-ethyl adjacent to an activating group) is 1. The summed E-state index contributed by atoms with van der Waals surface area (Å²) < 4.78 is 2.06. The molecule has 2 aromatic rings. The molecule has 0 aliphatic rings. The van der Waals surface area contributed by atoms with Crippen molar-refractivity contribution in [2.24, 2.45) is 7.05 Å². The van der Waals surface area contributed by atoms with E-state index in [1.54, 1.807) is 0 Å². The smallest absolute Gasteiger partial charge is 0.0937 e. The average molecular weight is 218 g/mol. The van der Waals surface area contributed by atoms with E-state index in [2.05, 4.69) is 16.7 Å². The van der Waals surface area contributed by atoms with Crippen LogP contribution in [-0.4, -0.2) is 35.2 Å². The molecule has 1 atom stereocenters. The van der Waals surface area contributed by atoms with Crippen molar-refractivity contribution < 1.29 is 5.11 Å². The molecule has 0 radical (unpaired) electrons. The van der Waals surface area contributed by atoms with Crippen molar-refractivity contribution in [1.29, 1.82) is 0 Å². The first-order valence-electron chi connectivity index (χ1n) is 5.46. The van der Waals surface area contributed by atoms with Gasteiger partial charge in [-0.05, 0) is 20.2 Å². The Balaban J connectivity index is 2.44. The van der Waals surface area contributed by atoms with Gasteiger partial charge in [0.25, 0.3) is 0 Å². The summed E-state index contributed by atoms with van der Waals surface area (Å²) in [5, 5.41) is 11.3. The van der Waals surface area contributed by atoms with E-state index in [-0.39, 0.29) is 0 Å². The summed E-state index contributed by atoms with van der Waals surface area (Å²) in [7, 11) is 5.94. The Labute approximate surface area is 95.9 Å². The van der Waals surface area contributed by atoms with E-state index in [0.29, 0.717) is 6.54 Å². The molecule has 3 heteroatoms. The fourth-order valence-electron chi connectivity index (χ4n) is 2.08. The Kier molecular flexibility index (Phi) is 2.99. The number of fused-ring (bicyclic) bond motifs is 1. The second kappa shape index (κ2) is 4.28. The first kappa shape index (κ1) is 11.2. The molecule has 0 fully saturated rings. The summed E-state index contributed by atoms with van der Waals surface area (Å²) in [4.78, 5) is 1.99. The zero-order valence-electron chi connectivity index (χ0n) is 10.0. The van der Waals surface area contributed by atoms with Crippen molar-refractivity contribution in [3.05, 3.63) is 36.0 Å². The van der Waals surface area contributed by atoms with Crippen LogP contribution in [0.2, 0.25) is 0 Å². The van der Waals surface area contributed by atoms with Crippen LogP contribution in [0, 0.1) is 0 Å². The number of para-hydroxylation sites is 1. The number of benzene rings is 1. The average Bonchev–Trinajstić information content (AvgIpc) is 2.56. The van der Waals surface area contributed by atoms with Crippen molar-refractivity contribution in [2.75, 3.05) is 20.6 Å². The highest BCUT2D eigenvalue weighted by molar-refractivity contribution is 5.84. The molecule has 2 rings (SSSR count). The minimum Gasteiger partial charge on any atom is -0.387 e. The highest BCUT2D eigenvalue weighted by Crippen LogP contribution is 2.25. The second-order valence-corrected chi connectivity index (χ2v) is 4.49. The lowest BCUT2D eigenvalue weighted by Gasteiger charge is -2.15. The topological polar surface area (TPSA) is 28.4 Å². The zero-order valence-corrected chi connectivity index (χ0v) is 10.0. The fraction of sp³-hybridized carbons (Fsp3) is 0.385. The zero-order chi connectivity index (χ0) is 11.7. The molecule has 1 heterocycles. The molecule has 86 valence electrons. The Bertz CT molecular complexity index is 488. The van der Waals surface area contributed by atoms with Crippen LogP contribution in [0.1, 0.15) is 11.7 Å². The van der Waals surface area contributed by atoms with Gasteiger partial charge in [-0.15, -0.1) is 0 Å². The Hall–Kier alpha value is -1.32. The molecule has 1 aromatic heterocycles. The normalized spacial score (nSPS) is 13.6. The van der Waals surface area contributed by atoms with E-state index in [0.717, 1.165) is 16.5 Å². The molecule has 0 aliphatic heterocycles. The highest BCUT2D eigenvalue weighted by atomic mass is 16.3. The minimum atomic E-state index is -0.430. The number of rotatable bonds is 3. The SMILES string of the molecule is CN(C)C[C@@H](O)c1cn(C)c2ccccc12. The molecule has 0 saturated heterocycles. The number of aliphatic hydroxyl groups excluding tert-OH is 1. The molecule has 0 aliphatic carbocycles. The van der Waals surface area contributed by atoms with Crippen LogP contribution in [-0.2, 0) is 7.05 Å². The van der Waals surface area contributed by atoms with Gasteiger partial charge in [0.15, 0.2) is 0 Å². The van der Waals surface area contributed by atoms with Crippen molar-refractivity contribution in [3.63, 3.8) is 0 Å². The molecular weight excluding hydrogens is 200 g/mol. The third kappa shape index (κ3) is 1.96. The lowest BCUT2D eigenvalue weighted by molar-refractivity contribution is 0.139. The predicted octanol–water partition coefficient (Wildman–Crippen LogP) is 1.77. The number of nitrogens with zero attached hydrogens (tertiary/aromatic N) is 2. The summed E-state index contributed by atoms with van der Waals surface area (Å²) in [6.07, 6.45) is 1.58. The van der Waals surface area contributed by atoms with Crippen LogP contribution in [0.25, 0.3) is 10.9 Å². The first-order valence-corrected chi connectivity index (χ1v) is 5.46. The van der Waals surface area contributed by atoms with Crippen LogP contribution >= 0.6 is 0 Å². The second-order valence-electron chi connectivity index (χ2n) is 4.49. The largest absolute Gasteiger partial charge is 0.387 e. The van der Waals surface area contributed by atoms with Gasteiger partial charge < -0.3 is 14.6 Å². The molecular formula is C13H18N2O. The van der Waals surface area contributed by atoms with E-state index in [9.17, 15) is 5.11 Å². The van der Waals surface area contributed by atoms with Gasteiger partial charge in [-0.1, -0.05) is 18.2 Å². The maximum absolute atomic E-state index is 10.1. The third-order valence-electron chi connectivity index (χ3n) is 2.82. The lowest BCUT2D eigenvalue weighted by Crippen LogP contribution is -2.19. The summed E-state index contributed by atoms with van der Waals surface area (Å²) >= 11 is 0. The number of hydrogen-bond acceptors (Lipinski definition) is 2. The minimum absolute atomic E-state index is 0.430. The van der Waals surface area contributed by atoms with Crippen LogP contribution in [0.4, 0.5) is 0 Å². The molecule has 0 spiro atoms. The van der Waals surface area contributed by atoms with E-state index in [4.69, 9.17) is 0 Å². The number of aromatic nitrogens is 1. The fourth-order valence-corrected chi connectivity index (χ4v) is 2.08. The van der Waals surface area contributed by atoms with E-state index in [1.807, 2.05) is 44.4 Å². The van der Waals surface area contributed by atoms with Gasteiger partial charge in [-0.25, -0.2) is 0 Å². The molecule has 0 amide bonds. The predicted molar refractivity (Wildman–Crippen MR) is 66.4 cm³/mol. The number of aliphatic hydroxyl groups is 1. The Morgan fingerprint density at radius 2 is 2.00 bits per heavy atom. The maximum atomic E-state index is 10.1. The number of aryl methyl sites for hydroxylation is 1. The Morgan fingerprint density at radius 1 is 1.31 bits per heavy atom. The quantitative estimate of drug-likeness (QED) is 0.850. The Morgan fingerprint density at radius 3 is 2.69 bits per heavy atom. The van der Waals surface area contributed by atoms with Gasteiger partial charge in [-0.2, -0.15) is 0 Å². The van der Waals surface area contributed by atoms with Crippen LogP contribution in [0.3, 0.4) is 0 Å². The van der Waals surface area contributed by atoms with Crippen molar-refractivity contribution in [2.45, 2.75) is 6.10 Å². The molecule has 0 saturated carbocycles. The van der Waals surface area contributed by atoms with Crippen molar-refractivity contribution in [1.82, 2.24) is 9.47 Å². The maximum Gasteiger partial charge on any atom is 0.0937 e. The van der Waals surface area contributed by atoms with Gasteiger partial charge in [-0.3, -0.25) is 0 Å². The van der Waals surface area contributed by atoms with Crippen molar-refractivity contribution in [3.8, 4) is 0 Å². The lowest BCUT2D eigenvalue weighted by atomic mass is 10.1. The van der Waals surface area contributed by atoms with Gasteiger partial charge in [0.05, 0.1) is 6.10 Å². The summed E-state index contributed by atoms with van der Waals surface area (Å²) in [5.74, 6) is 0. The molecule has 0 bridgehead atoms. The van der Waals surface area contributed by atoms with Gasteiger partial charge in [0, 0.05) is 36.3 Å². The van der Waals surface area contributed by atoms with E-state index < -0.39 is 6.10 Å². The van der Waals surface area contributed by atoms with Gasteiger partial charge in [0.2, 0.25) is 0 Å². The van der Waals surface area contributed by atoms with E-state index >= 15 is 0 Å². The monoisotopic (exact) mass is 218 g/mol. The summed E-state index contributed by atoms with van der Waals surface area (Å²) in [6, 6.07) is 8.16. The summed E-state index contributed by atoms with van der Waals surface area (Å²) in [6.45, 7) is 0.647. The van der Waals surface area contributed by atoms with Gasteiger partial charge >= 0.3 is 0 Å². The summed E-state index contributed by atoms with van der Waals surface area (Å²) in [5.41, 5.74) is 2.17.